The number of aliphatic carboxylic acids is 1. The van der Waals surface area contributed by atoms with Gasteiger partial charge in [-0.1, -0.05) is 12.2 Å². The predicted octanol–water partition coefficient (Wildman–Crippen LogP) is 1.19. The number of allylic oxidation sites excluding steroid dienone is 2. The van der Waals surface area contributed by atoms with Gasteiger partial charge < -0.3 is 15.2 Å². The first-order chi connectivity index (χ1) is 9.50. The summed E-state index contributed by atoms with van der Waals surface area (Å²) in [6, 6.07) is 0. The molecule has 0 aromatic carbocycles. The summed E-state index contributed by atoms with van der Waals surface area (Å²) in [5.74, 6) is -1.88. The lowest BCUT2D eigenvalue weighted by molar-refractivity contribution is -0.148. The Bertz CT molecular complexity index is 453. The minimum absolute atomic E-state index is 0.0200. The first-order valence-electron chi connectivity index (χ1n) is 7.33. The van der Waals surface area contributed by atoms with Crippen molar-refractivity contribution in [2.24, 2.45) is 23.7 Å². The molecule has 5 heteroatoms. The number of amides is 1. The first-order valence-corrected chi connectivity index (χ1v) is 7.33. The molecular formula is C15H21NO4. The number of hydrogen-bond acceptors (Lipinski definition) is 3. The van der Waals surface area contributed by atoms with E-state index < -0.39 is 17.8 Å². The van der Waals surface area contributed by atoms with Crippen molar-refractivity contribution in [2.75, 3.05) is 13.2 Å². The summed E-state index contributed by atoms with van der Waals surface area (Å²) in [5.41, 5.74) is -0.290. The van der Waals surface area contributed by atoms with E-state index in [1.165, 1.54) is 0 Å². The largest absolute Gasteiger partial charge is 0.481 e. The minimum Gasteiger partial charge on any atom is -0.481 e. The Labute approximate surface area is 118 Å². The van der Waals surface area contributed by atoms with Crippen LogP contribution in [0.3, 0.4) is 0 Å². The summed E-state index contributed by atoms with van der Waals surface area (Å²) in [6.45, 7) is 3.20. The number of carbonyl (C=O) groups excluding carboxylic acids is 1. The smallest absolute Gasteiger partial charge is 0.307 e. The van der Waals surface area contributed by atoms with E-state index in [4.69, 9.17) is 4.74 Å². The van der Waals surface area contributed by atoms with E-state index in [9.17, 15) is 14.7 Å². The maximum atomic E-state index is 12.4. The molecule has 1 heterocycles. The molecule has 5 atom stereocenters. The van der Waals surface area contributed by atoms with E-state index in [0.717, 1.165) is 25.9 Å². The normalized spacial score (nSPS) is 42.0. The molecule has 2 bridgehead atoms. The molecule has 20 heavy (non-hydrogen) atoms. The van der Waals surface area contributed by atoms with E-state index in [0.29, 0.717) is 6.54 Å². The van der Waals surface area contributed by atoms with Gasteiger partial charge in [0.15, 0.2) is 0 Å². The summed E-state index contributed by atoms with van der Waals surface area (Å²) >= 11 is 0. The maximum Gasteiger partial charge on any atom is 0.307 e. The molecule has 2 N–H and O–H groups in total. The predicted molar refractivity (Wildman–Crippen MR) is 72.0 cm³/mol. The van der Waals surface area contributed by atoms with Crippen LogP contribution in [0.15, 0.2) is 12.2 Å². The van der Waals surface area contributed by atoms with Gasteiger partial charge in [0.05, 0.1) is 17.4 Å². The van der Waals surface area contributed by atoms with Gasteiger partial charge in [-0.25, -0.2) is 0 Å². The van der Waals surface area contributed by atoms with Gasteiger partial charge in [-0.05, 0) is 38.0 Å². The van der Waals surface area contributed by atoms with Gasteiger partial charge in [-0.3, -0.25) is 9.59 Å². The van der Waals surface area contributed by atoms with Gasteiger partial charge in [0, 0.05) is 13.2 Å². The molecule has 110 valence electrons. The van der Waals surface area contributed by atoms with Crippen LogP contribution in [-0.2, 0) is 14.3 Å². The Hall–Kier alpha value is -1.36. The fraction of sp³-hybridized carbons (Fsp3) is 0.733. The molecular weight excluding hydrogens is 258 g/mol. The van der Waals surface area contributed by atoms with Crippen LogP contribution in [0.25, 0.3) is 0 Å². The van der Waals surface area contributed by atoms with E-state index in [2.05, 4.69) is 5.32 Å². The van der Waals surface area contributed by atoms with Gasteiger partial charge in [0.1, 0.15) is 0 Å². The Morgan fingerprint density at radius 2 is 2.05 bits per heavy atom. The van der Waals surface area contributed by atoms with Crippen LogP contribution in [0.5, 0.6) is 0 Å². The Balaban J connectivity index is 1.64. The SMILES string of the molecule is CC1(CNC(=O)[C@H]2C3C=CC(C3)[C@H]2C(=O)O)CCCO1. The summed E-state index contributed by atoms with van der Waals surface area (Å²) < 4.78 is 5.64. The Morgan fingerprint density at radius 1 is 1.35 bits per heavy atom. The number of ether oxygens (including phenoxy) is 1. The van der Waals surface area contributed by atoms with Crippen LogP contribution in [0.2, 0.25) is 0 Å². The third kappa shape index (κ3) is 2.24. The second kappa shape index (κ2) is 4.88. The number of carboxylic acid groups (broad SMARTS) is 1. The number of carbonyl (C=O) groups is 2. The first kappa shape index (κ1) is 13.6. The highest BCUT2D eigenvalue weighted by Gasteiger charge is 2.51. The van der Waals surface area contributed by atoms with Gasteiger partial charge in [0.2, 0.25) is 5.91 Å². The van der Waals surface area contributed by atoms with Gasteiger partial charge in [-0.15, -0.1) is 0 Å². The van der Waals surface area contributed by atoms with Gasteiger partial charge in [-0.2, -0.15) is 0 Å². The number of hydrogen-bond donors (Lipinski definition) is 2. The zero-order chi connectivity index (χ0) is 14.3. The van der Waals surface area contributed by atoms with Crippen molar-refractivity contribution in [2.45, 2.75) is 31.8 Å². The second-order valence-corrected chi connectivity index (χ2v) is 6.46. The van der Waals surface area contributed by atoms with Crippen LogP contribution in [0.4, 0.5) is 0 Å². The quantitative estimate of drug-likeness (QED) is 0.758. The van der Waals surface area contributed by atoms with Crippen LogP contribution >= 0.6 is 0 Å². The average molecular weight is 279 g/mol. The summed E-state index contributed by atoms with van der Waals surface area (Å²) in [4.78, 5) is 23.8. The van der Waals surface area contributed by atoms with Crippen molar-refractivity contribution in [1.82, 2.24) is 5.32 Å². The molecule has 0 spiro atoms. The van der Waals surface area contributed by atoms with E-state index >= 15 is 0 Å². The molecule has 1 aliphatic heterocycles. The summed E-state index contributed by atoms with van der Waals surface area (Å²) in [5, 5.41) is 12.3. The molecule has 3 unspecified atom stereocenters. The zero-order valence-electron chi connectivity index (χ0n) is 11.7. The van der Waals surface area contributed by atoms with Crippen molar-refractivity contribution < 1.29 is 19.4 Å². The molecule has 5 nitrogen and oxygen atoms in total. The van der Waals surface area contributed by atoms with Crippen molar-refractivity contribution in [3.63, 3.8) is 0 Å². The molecule has 2 fully saturated rings. The van der Waals surface area contributed by atoms with E-state index in [1.807, 2.05) is 19.1 Å². The fourth-order valence-corrected chi connectivity index (χ4v) is 3.88. The third-order valence-corrected chi connectivity index (χ3v) is 4.98. The molecule has 1 saturated heterocycles. The van der Waals surface area contributed by atoms with E-state index in [1.54, 1.807) is 0 Å². The molecule has 0 aromatic rings. The van der Waals surface area contributed by atoms with E-state index in [-0.39, 0.29) is 23.3 Å². The summed E-state index contributed by atoms with van der Waals surface area (Å²) in [7, 11) is 0. The lowest BCUT2D eigenvalue weighted by Crippen LogP contribution is -2.46. The van der Waals surface area contributed by atoms with Crippen molar-refractivity contribution in [3.05, 3.63) is 12.2 Å². The van der Waals surface area contributed by atoms with Crippen molar-refractivity contribution >= 4 is 11.9 Å². The molecule has 1 saturated carbocycles. The van der Waals surface area contributed by atoms with Crippen molar-refractivity contribution in [1.29, 1.82) is 0 Å². The van der Waals surface area contributed by atoms with Crippen LogP contribution < -0.4 is 5.32 Å². The number of carboxylic acids is 1. The highest BCUT2D eigenvalue weighted by Crippen LogP contribution is 2.48. The maximum absolute atomic E-state index is 12.4. The molecule has 0 radical (unpaired) electrons. The van der Waals surface area contributed by atoms with Crippen molar-refractivity contribution in [3.8, 4) is 0 Å². The summed E-state index contributed by atoms with van der Waals surface area (Å²) in [6.07, 6.45) is 6.70. The highest BCUT2D eigenvalue weighted by molar-refractivity contribution is 5.86. The van der Waals surface area contributed by atoms with Gasteiger partial charge >= 0.3 is 5.97 Å². The zero-order valence-corrected chi connectivity index (χ0v) is 11.7. The molecule has 3 aliphatic rings. The standard InChI is InChI=1S/C15H21NO4/c1-15(5-2-6-20-15)8-16-13(17)11-9-3-4-10(7-9)12(11)14(18)19/h3-4,9-12H,2,5-8H2,1H3,(H,16,17)(H,18,19)/t9?,10?,11-,12+,15?/m0/s1. The Morgan fingerprint density at radius 3 is 2.65 bits per heavy atom. The average Bonchev–Trinajstić information content (AvgIpc) is 3.10. The molecule has 1 amide bonds. The Kier molecular flexibility index (Phi) is 3.32. The second-order valence-electron chi connectivity index (χ2n) is 6.46. The topological polar surface area (TPSA) is 75.6 Å². The van der Waals surface area contributed by atoms with Crippen LogP contribution in [0.1, 0.15) is 26.2 Å². The molecule has 3 rings (SSSR count). The lowest BCUT2D eigenvalue weighted by Gasteiger charge is -2.27. The fourth-order valence-electron chi connectivity index (χ4n) is 3.88. The van der Waals surface area contributed by atoms with Crippen LogP contribution in [-0.4, -0.2) is 35.7 Å². The minimum atomic E-state index is -0.856. The molecule has 2 aliphatic carbocycles. The van der Waals surface area contributed by atoms with Crippen LogP contribution in [0, 0.1) is 23.7 Å². The van der Waals surface area contributed by atoms with Gasteiger partial charge in [0.25, 0.3) is 0 Å². The number of rotatable bonds is 4. The number of nitrogens with one attached hydrogen (secondary N) is 1. The third-order valence-electron chi connectivity index (χ3n) is 4.98. The monoisotopic (exact) mass is 279 g/mol. The number of fused-ring (bicyclic) bond motifs is 2. The highest BCUT2D eigenvalue weighted by atomic mass is 16.5. The lowest BCUT2D eigenvalue weighted by atomic mass is 9.82. The molecule has 0 aromatic heterocycles.